The number of aromatic hydroxyl groups is 1. The number of phenolic OH excluding ortho intramolecular Hbond substituents is 1. The van der Waals surface area contributed by atoms with Crippen LogP contribution in [0.5, 0.6) is 11.5 Å². The van der Waals surface area contributed by atoms with Crippen LogP contribution >= 0.6 is 0 Å². The van der Waals surface area contributed by atoms with Crippen molar-refractivity contribution in [1.29, 1.82) is 0 Å². The van der Waals surface area contributed by atoms with E-state index in [0.717, 1.165) is 0 Å². The summed E-state index contributed by atoms with van der Waals surface area (Å²) in [5.74, 6) is -0.923. The summed E-state index contributed by atoms with van der Waals surface area (Å²) in [6, 6.07) is 13.6. The Kier molecular flexibility index (Phi) is 4.64. The number of fused-ring (bicyclic) bond motifs is 1. The Hall–Kier alpha value is -3.87. The predicted octanol–water partition coefficient (Wildman–Crippen LogP) is 3.70. The van der Waals surface area contributed by atoms with E-state index < -0.39 is 11.7 Å². The minimum atomic E-state index is -0.455. The minimum absolute atomic E-state index is 0.0281. The Morgan fingerprint density at radius 1 is 1.10 bits per heavy atom. The summed E-state index contributed by atoms with van der Waals surface area (Å²) in [5, 5.41) is 16.0. The first-order chi connectivity index (χ1) is 14.0. The van der Waals surface area contributed by atoms with E-state index in [1.54, 1.807) is 30.3 Å². The quantitative estimate of drug-likeness (QED) is 0.632. The summed E-state index contributed by atoms with van der Waals surface area (Å²) in [5.41, 5.74) is 2.79. The molecule has 0 fully saturated rings. The largest absolute Gasteiger partial charge is 0.504 e. The number of para-hydroxylation sites is 1. The Labute approximate surface area is 165 Å². The second-order valence-corrected chi connectivity index (χ2v) is 6.51. The summed E-state index contributed by atoms with van der Waals surface area (Å²) < 4.78 is 18.3. The zero-order valence-corrected chi connectivity index (χ0v) is 15.5. The van der Waals surface area contributed by atoms with Crippen molar-refractivity contribution in [3.8, 4) is 22.6 Å². The number of hydrogen-bond donors (Lipinski definition) is 3. The molecule has 0 spiro atoms. The molecule has 1 aliphatic heterocycles. The van der Waals surface area contributed by atoms with Crippen LogP contribution in [0.15, 0.2) is 54.6 Å². The number of ether oxygens (including phenoxy) is 1. The molecule has 6 nitrogen and oxygen atoms in total. The highest BCUT2D eigenvalue weighted by Crippen LogP contribution is 2.41. The van der Waals surface area contributed by atoms with E-state index in [-0.39, 0.29) is 23.8 Å². The number of carbonyl (C=O) groups is 2. The molecule has 0 saturated carbocycles. The molecule has 0 aromatic heterocycles. The fraction of sp³-hybridized carbons (Fsp3) is 0.0909. The molecule has 0 unspecified atom stereocenters. The lowest BCUT2D eigenvalue weighted by molar-refractivity contribution is 0.0966. The average molecular weight is 392 g/mol. The van der Waals surface area contributed by atoms with Gasteiger partial charge in [0.25, 0.3) is 11.8 Å². The van der Waals surface area contributed by atoms with Gasteiger partial charge in [-0.1, -0.05) is 18.2 Å². The second kappa shape index (κ2) is 7.27. The molecule has 2 amide bonds. The highest BCUT2D eigenvalue weighted by molar-refractivity contribution is 6.11. The summed E-state index contributed by atoms with van der Waals surface area (Å²) in [6.07, 6.45) is 0. The third kappa shape index (κ3) is 3.27. The Morgan fingerprint density at radius 2 is 1.86 bits per heavy atom. The molecule has 1 aliphatic rings. The lowest BCUT2D eigenvalue weighted by atomic mass is 9.94. The zero-order valence-electron chi connectivity index (χ0n) is 15.5. The molecule has 146 valence electrons. The fourth-order valence-corrected chi connectivity index (χ4v) is 3.40. The van der Waals surface area contributed by atoms with Crippen LogP contribution in [0.1, 0.15) is 26.3 Å². The number of nitrogens with one attached hydrogen (secondary N) is 2. The molecule has 0 atom stereocenters. The first-order valence-electron chi connectivity index (χ1n) is 8.87. The number of phenols is 1. The second-order valence-electron chi connectivity index (χ2n) is 6.51. The number of rotatable bonds is 4. The molecule has 3 N–H and O–H groups in total. The lowest BCUT2D eigenvalue weighted by Gasteiger charge is -2.15. The number of amides is 2. The van der Waals surface area contributed by atoms with Crippen molar-refractivity contribution in [2.24, 2.45) is 0 Å². The van der Waals surface area contributed by atoms with Crippen LogP contribution in [-0.4, -0.2) is 24.0 Å². The molecular weight excluding hydrogens is 375 g/mol. The molecule has 4 rings (SSSR count). The maximum absolute atomic E-state index is 13.1. The van der Waals surface area contributed by atoms with Crippen molar-refractivity contribution >= 4 is 17.5 Å². The van der Waals surface area contributed by atoms with Crippen LogP contribution in [-0.2, 0) is 6.54 Å². The molecule has 0 radical (unpaired) electrons. The van der Waals surface area contributed by atoms with Crippen molar-refractivity contribution in [1.82, 2.24) is 5.32 Å². The van der Waals surface area contributed by atoms with Gasteiger partial charge in [-0.05, 0) is 47.5 Å². The Balaban J connectivity index is 1.75. The molecular formula is C22H17FN2O4. The zero-order chi connectivity index (χ0) is 20.5. The van der Waals surface area contributed by atoms with Crippen LogP contribution in [0.2, 0.25) is 0 Å². The number of carbonyl (C=O) groups excluding carboxylic acids is 2. The molecule has 0 saturated heterocycles. The van der Waals surface area contributed by atoms with Gasteiger partial charge in [-0.15, -0.1) is 0 Å². The summed E-state index contributed by atoms with van der Waals surface area (Å²) in [7, 11) is 1.46. The third-order valence-corrected chi connectivity index (χ3v) is 4.83. The monoisotopic (exact) mass is 392 g/mol. The van der Waals surface area contributed by atoms with Gasteiger partial charge in [0.1, 0.15) is 5.82 Å². The molecule has 7 heteroatoms. The van der Waals surface area contributed by atoms with Crippen LogP contribution in [0.3, 0.4) is 0 Å². The fourth-order valence-electron chi connectivity index (χ4n) is 3.40. The van der Waals surface area contributed by atoms with E-state index in [0.29, 0.717) is 33.7 Å². The van der Waals surface area contributed by atoms with Crippen LogP contribution in [0.25, 0.3) is 11.1 Å². The smallest absolute Gasteiger partial charge is 0.255 e. The van der Waals surface area contributed by atoms with E-state index in [1.807, 2.05) is 0 Å². The first-order valence-corrected chi connectivity index (χ1v) is 8.87. The van der Waals surface area contributed by atoms with Crippen LogP contribution in [0, 0.1) is 5.82 Å². The van der Waals surface area contributed by atoms with E-state index in [1.165, 1.54) is 31.4 Å². The topological polar surface area (TPSA) is 87.7 Å². The van der Waals surface area contributed by atoms with E-state index in [4.69, 9.17) is 4.74 Å². The minimum Gasteiger partial charge on any atom is -0.504 e. The van der Waals surface area contributed by atoms with Gasteiger partial charge in [-0.2, -0.15) is 0 Å². The van der Waals surface area contributed by atoms with Gasteiger partial charge >= 0.3 is 0 Å². The van der Waals surface area contributed by atoms with E-state index >= 15 is 0 Å². The van der Waals surface area contributed by atoms with E-state index in [9.17, 15) is 19.1 Å². The Bertz CT molecular complexity index is 1130. The number of benzene rings is 3. The average Bonchev–Trinajstić information content (AvgIpc) is 3.11. The summed E-state index contributed by atoms with van der Waals surface area (Å²) in [6.45, 7) is 0.264. The van der Waals surface area contributed by atoms with Gasteiger partial charge < -0.3 is 20.5 Å². The summed E-state index contributed by atoms with van der Waals surface area (Å²) in [4.78, 5) is 24.9. The van der Waals surface area contributed by atoms with Gasteiger partial charge in [0.2, 0.25) is 0 Å². The normalized spacial score (nSPS) is 12.3. The van der Waals surface area contributed by atoms with Gasteiger partial charge in [0.05, 0.1) is 18.4 Å². The van der Waals surface area contributed by atoms with Crippen molar-refractivity contribution in [2.45, 2.75) is 6.54 Å². The van der Waals surface area contributed by atoms with Gasteiger partial charge in [-0.25, -0.2) is 4.39 Å². The van der Waals surface area contributed by atoms with Gasteiger partial charge in [-0.3, -0.25) is 9.59 Å². The number of anilines is 1. The predicted molar refractivity (Wildman–Crippen MR) is 106 cm³/mol. The number of hydrogen-bond acceptors (Lipinski definition) is 4. The van der Waals surface area contributed by atoms with Gasteiger partial charge in [0.15, 0.2) is 11.5 Å². The molecule has 3 aromatic rings. The third-order valence-electron chi connectivity index (χ3n) is 4.83. The lowest BCUT2D eigenvalue weighted by Crippen LogP contribution is -2.17. The van der Waals surface area contributed by atoms with Crippen molar-refractivity contribution < 1.29 is 23.8 Å². The molecule has 29 heavy (non-hydrogen) atoms. The van der Waals surface area contributed by atoms with Crippen LogP contribution < -0.4 is 15.4 Å². The molecule has 0 bridgehead atoms. The Morgan fingerprint density at radius 3 is 2.59 bits per heavy atom. The molecule has 3 aromatic carbocycles. The first kappa shape index (κ1) is 18.5. The van der Waals surface area contributed by atoms with Gasteiger partial charge in [0, 0.05) is 17.7 Å². The SMILES string of the molecule is COc1cccc(-c2ccc(NC(=O)c3ccc(F)cc3)c3c2CNC3=O)c1O. The van der Waals surface area contributed by atoms with Crippen molar-refractivity contribution in [3.63, 3.8) is 0 Å². The standard InChI is InChI=1S/C22H17FN2O4/c1-29-18-4-2-3-15(20(18)26)14-9-10-17(19-16(14)11-24-22(19)28)25-21(27)12-5-7-13(23)8-6-12/h2-10,26H,11H2,1H3,(H,24,28)(H,25,27). The maximum atomic E-state index is 13.1. The number of methoxy groups -OCH3 is 1. The molecule has 0 aliphatic carbocycles. The maximum Gasteiger partial charge on any atom is 0.255 e. The van der Waals surface area contributed by atoms with Crippen molar-refractivity contribution in [3.05, 3.63) is 77.1 Å². The number of halogens is 1. The summed E-state index contributed by atoms with van der Waals surface area (Å²) >= 11 is 0. The highest BCUT2D eigenvalue weighted by atomic mass is 19.1. The molecule has 1 heterocycles. The van der Waals surface area contributed by atoms with Crippen LogP contribution in [0.4, 0.5) is 10.1 Å². The van der Waals surface area contributed by atoms with Crippen molar-refractivity contribution in [2.75, 3.05) is 12.4 Å². The highest BCUT2D eigenvalue weighted by Gasteiger charge is 2.28. The van der Waals surface area contributed by atoms with E-state index in [2.05, 4.69) is 10.6 Å².